The highest BCUT2D eigenvalue weighted by molar-refractivity contribution is 5.85. The van der Waals surface area contributed by atoms with Crippen molar-refractivity contribution < 1.29 is 9.53 Å². The maximum atomic E-state index is 11.9. The summed E-state index contributed by atoms with van der Waals surface area (Å²) < 4.78 is 5.99. The summed E-state index contributed by atoms with van der Waals surface area (Å²) in [6.45, 7) is 7.26. The Morgan fingerprint density at radius 1 is 1.36 bits per heavy atom. The number of nitrogens with zero attached hydrogens (tertiary/aromatic N) is 2. The van der Waals surface area contributed by atoms with E-state index >= 15 is 0 Å². The van der Waals surface area contributed by atoms with Crippen molar-refractivity contribution in [2.45, 2.75) is 38.8 Å². The van der Waals surface area contributed by atoms with Crippen molar-refractivity contribution in [3.05, 3.63) is 35.4 Å². The molecule has 6 nitrogen and oxygen atoms in total. The molecule has 0 spiro atoms. The van der Waals surface area contributed by atoms with Crippen LogP contribution in [0.3, 0.4) is 0 Å². The van der Waals surface area contributed by atoms with Gasteiger partial charge in [0.15, 0.2) is 5.96 Å². The van der Waals surface area contributed by atoms with Crippen molar-refractivity contribution in [1.82, 2.24) is 15.5 Å². The van der Waals surface area contributed by atoms with Gasteiger partial charge in [-0.05, 0) is 37.8 Å². The molecule has 0 bridgehead atoms. The molecule has 3 rings (SSSR count). The highest BCUT2D eigenvalue weighted by Gasteiger charge is 2.26. The number of aryl methyl sites for hydroxylation is 1. The fourth-order valence-electron chi connectivity index (χ4n) is 3.05. The normalized spacial score (nSPS) is 21.1. The van der Waals surface area contributed by atoms with E-state index in [4.69, 9.17) is 4.74 Å². The lowest BCUT2D eigenvalue weighted by atomic mass is 10.0. The number of amides is 1. The van der Waals surface area contributed by atoms with Gasteiger partial charge in [-0.15, -0.1) is 0 Å². The zero-order chi connectivity index (χ0) is 17.6. The SMILES string of the molecule is CCNC(=NCC(=O)NC1CC1)N1CCOC(c2ccccc2C)C1. The second kappa shape index (κ2) is 8.34. The second-order valence-electron chi connectivity index (χ2n) is 6.67. The van der Waals surface area contributed by atoms with Crippen molar-refractivity contribution in [3.63, 3.8) is 0 Å². The summed E-state index contributed by atoms with van der Waals surface area (Å²) >= 11 is 0. The molecule has 0 aromatic heterocycles. The fourth-order valence-corrected chi connectivity index (χ4v) is 3.05. The lowest BCUT2D eigenvalue weighted by molar-refractivity contribution is -0.119. The summed E-state index contributed by atoms with van der Waals surface area (Å²) in [6, 6.07) is 8.70. The smallest absolute Gasteiger partial charge is 0.242 e. The minimum atomic E-state index is 0.00150. The molecule has 1 unspecified atom stereocenters. The molecular weight excluding hydrogens is 316 g/mol. The van der Waals surface area contributed by atoms with Gasteiger partial charge in [0.25, 0.3) is 0 Å². The number of nitrogens with one attached hydrogen (secondary N) is 2. The zero-order valence-corrected chi connectivity index (χ0v) is 15.1. The van der Waals surface area contributed by atoms with E-state index in [9.17, 15) is 4.79 Å². The molecule has 1 aromatic carbocycles. The van der Waals surface area contributed by atoms with E-state index in [1.807, 2.05) is 19.1 Å². The van der Waals surface area contributed by atoms with Crippen LogP contribution in [0.25, 0.3) is 0 Å². The topological polar surface area (TPSA) is 66.0 Å². The molecular formula is C19H28N4O2. The Morgan fingerprint density at radius 2 is 2.16 bits per heavy atom. The average Bonchev–Trinajstić information content (AvgIpc) is 3.43. The summed E-state index contributed by atoms with van der Waals surface area (Å²) in [5.74, 6) is 0.789. The van der Waals surface area contributed by atoms with Crippen molar-refractivity contribution in [2.75, 3.05) is 32.8 Å². The van der Waals surface area contributed by atoms with E-state index < -0.39 is 0 Å². The summed E-state index contributed by atoms with van der Waals surface area (Å²) in [5, 5.41) is 6.28. The first-order chi connectivity index (χ1) is 12.2. The molecule has 2 fully saturated rings. The molecule has 1 aromatic rings. The third-order valence-corrected chi connectivity index (χ3v) is 4.55. The first kappa shape index (κ1) is 17.7. The van der Waals surface area contributed by atoms with E-state index in [1.54, 1.807) is 0 Å². The van der Waals surface area contributed by atoms with Gasteiger partial charge >= 0.3 is 0 Å². The predicted octanol–water partition coefficient (Wildman–Crippen LogP) is 1.61. The summed E-state index contributed by atoms with van der Waals surface area (Å²) in [7, 11) is 0. The van der Waals surface area contributed by atoms with Crippen LogP contribution in [0.2, 0.25) is 0 Å². The van der Waals surface area contributed by atoms with E-state index in [0.29, 0.717) is 12.6 Å². The number of carbonyl (C=O) groups excluding carboxylic acids is 1. The summed E-state index contributed by atoms with van der Waals surface area (Å²) in [4.78, 5) is 18.6. The largest absolute Gasteiger partial charge is 0.370 e. The van der Waals surface area contributed by atoms with Crippen LogP contribution in [0.1, 0.15) is 37.0 Å². The number of carbonyl (C=O) groups is 1. The summed E-state index contributed by atoms with van der Waals surface area (Å²) in [5.41, 5.74) is 2.45. The Bertz CT molecular complexity index is 628. The third-order valence-electron chi connectivity index (χ3n) is 4.55. The van der Waals surface area contributed by atoms with Crippen LogP contribution < -0.4 is 10.6 Å². The number of aliphatic imine (C=N–C) groups is 1. The minimum absolute atomic E-state index is 0.00150. The molecule has 1 atom stereocenters. The molecule has 0 radical (unpaired) electrons. The predicted molar refractivity (Wildman–Crippen MR) is 98.6 cm³/mol. The number of morpholine rings is 1. The summed E-state index contributed by atoms with van der Waals surface area (Å²) in [6.07, 6.45) is 2.22. The van der Waals surface area contributed by atoms with Gasteiger partial charge in [-0.3, -0.25) is 4.79 Å². The van der Waals surface area contributed by atoms with Crippen LogP contribution >= 0.6 is 0 Å². The molecule has 1 saturated carbocycles. The molecule has 1 aliphatic carbocycles. The van der Waals surface area contributed by atoms with Gasteiger partial charge in [0.2, 0.25) is 5.91 Å². The van der Waals surface area contributed by atoms with Crippen LogP contribution in [0.4, 0.5) is 0 Å². The quantitative estimate of drug-likeness (QED) is 0.629. The molecule has 25 heavy (non-hydrogen) atoms. The van der Waals surface area contributed by atoms with Crippen LogP contribution in [0.15, 0.2) is 29.3 Å². The molecule has 2 aliphatic rings. The van der Waals surface area contributed by atoms with Gasteiger partial charge in [0, 0.05) is 19.1 Å². The minimum Gasteiger partial charge on any atom is -0.370 e. The molecule has 6 heteroatoms. The van der Waals surface area contributed by atoms with Crippen LogP contribution in [0, 0.1) is 6.92 Å². The second-order valence-corrected chi connectivity index (χ2v) is 6.67. The highest BCUT2D eigenvalue weighted by Crippen LogP contribution is 2.25. The maximum absolute atomic E-state index is 11.9. The van der Waals surface area contributed by atoms with Gasteiger partial charge in [0.05, 0.1) is 13.2 Å². The molecule has 1 saturated heterocycles. The van der Waals surface area contributed by atoms with E-state index in [1.165, 1.54) is 11.1 Å². The lowest BCUT2D eigenvalue weighted by Crippen LogP contribution is -2.48. The van der Waals surface area contributed by atoms with Gasteiger partial charge in [-0.2, -0.15) is 0 Å². The van der Waals surface area contributed by atoms with Gasteiger partial charge < -0.3 is 20.3 Å². The van der Waals surface area contributed by atoms with E-state index in [-0.39, 0.29) is 18.6 Å². The van der Waals surface area contributed by atoms with Gasteiger partial charge in [-0.25, -0.2) is 4.99 Å². The number of guanidine groups is 1. The zero-order valence-electron chi connectivity index (χ0n) is 15.1. The Hall–Kier alpha value is -2.08. The Labute approximate surface area is 149 Å². The number of benzene rings is 1. The number of ether oxygens (including phenoxy) is 1. The Kier molecular flexibility index (Phi) is 5.91. The molecule has 1 amide bonds. The van der Waals surface area contributed by atoms with Crippen molar-refractivity contribution in [2.24, 2.45) is 4.99 Å². The van der Waals surface area contributed by atoms with Crippen molar-refractivity contribution in [1.29, 1.82) is 0 Å². The number of rotatable bonds is 5. The number of hydrogen-bond donors (Lipinski definition) is 2. The van der Waals surface area contributed by atoms with Crippen molar-refractivity contribution >= 4 is 11.9 Å². The molecule has 1 aliphatic heterocycles. The van der Waals surface area contributed by atoms with Crippen LogP contribution in [-0.4, -0.2) is 55.6 Å². The standard InChI is InChI=1S/C19H28N4O2/c1-3-20-19(21-12-18(24)22-15-8-9-15)23-10-11-25-17(13-23)16-7-5-4-6-14(16)2/h4-7,15,17H,3,8-13H2,1-2H3,(H,20,21)(H,22,24). The lowest BCUT2D eigenvalue weighted by Gasteiger charge is -2.35. The number of hydrogen-bond acceptors (Lipinski definition) is 3. The molecule has 1 heterocycles. The van der Waals surface area contributed by atoms with Crippen LogP contribution in [0.5, 0.6) is 0 Å². The monoisotopic (exact) mass is 344 g/mol. The van der Waals surface area contributed by atoms with Crippen LogP contribution in [-0.2, 0) is 9.53 Å². The van der Waals surface area contributed by atoms with E-state index in [2.05, 4.69) is 39.6 Å². The van der Waals surface area contributed by atoms with Crippen molar-refractivity contribution in [3.8, 4) is 0 Å². The average molecular weight is 344 g/mol. The highest BCUT2D eigenvalue weighted by atomic mass is 16.5. The van der Waals surface area contributed by atoms with Gasteiger partial charge in [0.1, 0.15) is 12.6 Å². The molecule has 136 valence electrons. The Morgan fingerprint density at radius 3 is 2.88 bits per heavy atom. The first-order valence-corrected chi connectivity index (χ1v) is 9.17. The Balaban J connectivity index is 1.65. The fraction of sp³-hybridized carbons (Fsp3) is 0.579. The third kappa shape index (κ3) is 4.95. The molecule has 2 N–H and O–H groups in total. The van der Waals surface area contributed by atoms with Gasteiger partial charge in [-0.1, -0.05) is 24.3 Å². The first-order valence-electron chi connectivity index (χ1n) is 9.17. The van der Waals surface area contributed by atoms with E-state index in [0.717, 1.165) is 38.4 Å². The maximum Gasteiger partial charge on any atom is 0.242 e.